The predicted octanol–water partition coefficient (Wildman–Crippen LogP) is 5.32. The molecule has 0 aliphatic carbocycles. The second kappa shape index (κ2) is 4.81. The number of allylic oxidation sites excluding steroid dienone is 1. The zero-order valence-corrected chi connectivity index (χ0v) is 13.1. The Kier molecular flexibility index (Phi) is 3.22. The zero-order chi connectivity index (χ0) is 15.2. The van der Waals surface area contributed by atoms with Crippen molar-refractivity contribution in [2.24, 2.45) is 0 Å². The van der Waals surface area contributed by atoms with Crippen LogP contribution in [-0.2, 0) is 0 Å². The summed E-state index contributed by atoms with van der Waals surface area (Å²) in [6.07, 6.45) is 2.23. The standard InChI is InChI=1S/C18H18ClNO/c1-11-10-18(2,3)20-15-8-7-12(9-14(11)15)13-5-4-6-16(21)17(13)19/h4-10,20-21H,1-3H3. The zero-order valence-electron chi connectivity index (χ0n) is 12.4. The maximum absolute atomic E-state index is 9.76. The van der Waals surface area contributed by atoms with Gasteiger partial charge < -0.3 is 10.4 Å². The minimum atomic E-state index is -0.0404. The van der Waals surface area contributed by atoms with E-state index in [1.54, 1.807) is 12.1 Å². The number of aromatic hydroxyl groups is 1. The average Bonchev–Trinajstić information content (AvgIpc) is 2.40. The van der Waals surface area contributed by atoms with Gasteiger partial charge in [-0.2, -0.15) is 0 Å². The van der Waals surface area contributed by atoms with Crippen molar-refractivity contribution in [1.29, 1.82) is 0 Å². The number of anilines is 1. The van der Waals surface area contributed by atoms with Crippen molar-refractivity contribution in [3.63, 3.8) is 0 Å². The van der Waals surface area contributed by atoms with E-state index in [9.17, 15) is 5.11 Å². The van der Waals surface area contributed by atoms with Crippen molar-refractivity contribution in [2.75, 3.05) is 5.32 Å². The molecular formula is C18H18ClNO. The Morgan fingerprint density at radius 1 is 1.10 bits per heavy atom. The summed E-state index contributed by atoms with van der Waals surface area (Å²) in [5, 5.41) is 13.7. The van der Waals surface area contributed by atoms with Crippen LogP contribution < -0.4 is 5.32 Å². The molecule has 2 aromatic carbocycles. The normalized spacial score (nSPS) is 15.9. The molecule has 0 saturated carbocycles. The van der Waals surface area contributed by atoms with Crippen LogP contribution in [0.25, 0.3) is 16.7 Å². The molecule has 0 spiro atoms. The molecule has 0 saturated heterocycles. The molecule has 1 aliphatic rings. The highest BCUT2D eigenvalue weighted by molar-refractivity contribution is 6.34. The van der Waals surface area contributed by atoms with Crippen LogP contribution in [0, 0.1) is 0 Å². The predicted molar refractivity (Wildman–Crippen MR) is 89.9 cm³/mol. The lowest BCUT2D eigenvalue weighted by atomic mass is 9.89. The van der Waals surface area contributed by atoms with Crippen molar-refractivity contribution in [3.8, 4) is 16.9 Å². The van der Waals surface area contributed by atoms with Crippen LogP contribution in [-0.4, -0.2) is 10.6 Å². The number of benzene rings is 2. The van der Waals surface area contributed by atoms with Crippen molar-refractivity contribution >= 4 is 22.9 Å². The van der Waals surface area contributed by atoms with Crippen LogP contribution >= 0.6 is 11.6 Å². The number of phenolic OH excluding ortho intramolecular Hbond substituents is 1. The SMILES string of the molecule is CC1=CC(C)(C)Nc2ccc(-c3cccc(O)c3Cl)cc21. The van der Waals surface area contributed by atoms with Crippen LogP contribution in [0.3, 0.4) is 0 Å². The van der Waals surface area contributed by atoms with Crippen LogP contribution in [0.1, 0.15) is 26.3 Å². The van der Waals surface area contributed by atoms with E-state index in [2.05, 4.69) is 44.3 Å². The quantitative estimate of drug-likeness (QED) is 0.747. The van der Waals surface area contributed by atoms with Gasteiger partial charge in [-0.1, -0.05) is 35.9 Å². The molecule has 0 radical (unpaired) electrons. The van der Waals surface area contributed by atoms with Gasteiger partial charge >= 0.3 is 0 Å². The Labute approximate surface area is 130 Å². The van der Waals surface area contributed by atoms with E-state index in [-0.39, 0.29) is 11.3 Å². The molecule has 1 aliphatic heterocycles. The lowest BCUT2D eigenvalue weighted by molar-refractivity contribution is 0.476. The maximum atomic E-state index is 9.76. The Hall–Kier alpha value is -1.93. The Morgan fingerprint density at radius 2 is 1.86 bits per heavy atom. The molecule has 2 aromatic rings. The first-order valence-corrected chi connectivity index (χ1v) is 7.35. The van der Waals surface area contributed by atoms with Crippen LogP contribution in [0.5, 0.6) is 5.75 Å². The van der Waals surface area contributed by atoms with E-state index in [1.807, 2.05) is 12.1 Å². The van der Waals surface area contributed by atoms with Gasteiger partial charge in [0.2, 0.25) is 0 Å². The minimum Gasteiger partial charge on any atom is -0.506 e. The van der Waals surface area contributed by atoms with Gasteiger partial charge in [0.05, 0.1) is 10.6 Å². The molecule has 2 N–H and O–H groups in total. The van der Waals surface area contributed by atoms with E-state index >= 15 is 0 Å². The van der Waals surface area contributed by atoms with E-state index in [0.717, 1.165) is 16.8 Å². The molecule has 2 nitrogen and oxygen atoms in total. The fourth-order valence-corrected chi connectivity index (χ4v) is 3.13. The fourth-order valence-electron chi connectivity index (χ4n) is 2.89. The summed E-state index contributed by atoms with van der Waals surface area (Å²) in [4.78, 5) is 0. The number of hydrogen-bond donors (Lipinski definition) is 2. The molecule has 3 heteroatoms. The number of hydrogen-bond acceptors (Lipinski definition) is 2. The summed E-state index contributed by atoms with van der Waals surface area (Å²) < 4.78 is 0. The van der Waals surface area contributed by atoms with Gasteiger partial charge in [-0.05, 0) is 50.1 Å². The summed E-state index contributed by atoms with van der Waals surface area (Å²) in [5.41, 5.74) is 5.35. The lowest BCUT2D eigenvalue weighted by Gasteiger charge is -2.31. The first-order chi connectivity index (χ1) is 9.87. The van der Waals surface area contributed by atoms with Crippen molar-refractivity contribution in [3.05, 3.63) is 53.1 Å². The third-order valence-corrected chi connectivity index (χ3v) is 4.17. The molecule has 108 valence electrons. The summed E-state index contributed by atoms with van der Waals surface area (Å²) in [5.74, 6) is 0.110. The highest BCUT2D eigenvalue weighted by atomic mass is 35.5. The number of halogens is 1. The van der Waals surface area contributed by atoms with E-state index < -0.39 is 0 Å². The maximum Gasteiger partial charge on any atom is 0.134 e. The summed E-state index contributed by atoms with van der Waals surface area (Å²) in [6.45, 7) is 6.42. The second-order valence-corrected chi connectivity index (χ2v) is 6.45. The van der Waals surface area contributed by atoms with Crippen molar-refractivity contribution in [2.45, 2.75) is 26.3 Å². The summed E-state index contributed by atoms with van der Waals surface area (Å²) in [7, 11) is 0. The first kappa shape index (κ1) is 14.0. The Bertz CT molecular complexity index is 747. The molecule has 1 heterocycles. The molecule has 21 heavy (non-hydrogen) atoms. The monoisotopic (exact) mass is 299 g/mol. The van der Waals surface area contributed by atoms with Gasteiger partial charge in [-0.25, -0.2) is 0 Å². The number of nitrogens with one attached hydrogen (secondary N) is 1. The smallest absolute Gasteiger partial charge is 0.134 e. The van der Waals surface area contributed by atoms with Crippen LogP contribution in [0.15, 0.2) is 42.5 Å². The molecule has 0 aromatic heterocycles. The molecular weight excluding hydrogens is 282 g/mol. The highest BCUT2D eigenvalue weighted by Crippen LogP contribution is 2.39. The number of fused-ring (bicyclic) bond motifs is 1. The van der Waals surface area contributed by atoms with Gasteiger partial charge in [0.1, 0.15) is 5.75 Å². The molecule has 0 unspecified atom stereocenters. The summed E-state index contributed by atoms with van der Waals surface area (Å²) >= 11 is 6.21. The van der Waals surface area contributed by atoms with Crippen LogP contribution in [0.4, 0.5) is 5.69 Å². The topological polar surface area (TPSA) is 32.3 Å². The lowest BCUT2D eigenvalue weighted by Crippen LogP contribution is -2.31. The van der Waals surface area contributed by atoms with E-state index in [4.69, 9.17) is 11.6 Å². The van der Waals surface area contributed by atoms with E-state index in [0.29, 0.717) is 5.02 Å². The molecule has 0 amide bonds. The van der Waals surface area contributed by atoms with Gasteiger partial charge in [0.15, 0.2) is 0 Å². The molecule has 0 atom stereocenters. The molecule has 0 fully saturated rings. The van der Waals surface area contributed by atoms with E-state index in [1.165, 1.54) is 11.1 Å². The average molecular weight is 300 g/mol. The third-order valence-electron chi connectivity index (χ3n) is 3.77. The Morgan fingerprint density at radius 3 is 2.62 bits per heavy atom. The Balaban J connectivity index is 2.13. The fraction of sp³-hybridized carbons (Fsp3) is 0.222. The molecule has 3 rings (SSSR count). The van der Waals surface area contributed by atoms with Crippen molar-refractivity contribution in [1.82, 2.24) is 0 Å². The van der Waals surface area contributed by atoms with Gasteiger partial charge in [-0.15, -0.1) is 0 Å². The van der Waals surface area contributed by atoms with Gasteiger partial charge in [0.25, 0.3) is 0 Å². The van der Waals surface area contributed by atoms with Crippen molar-refractivity contribution < 1.29 is 5.11 Å². The number of phenols is 1. The minimum absolute atomic E-state index is 0.0404. The van der Waals surface area contributed by atoms with Crippen LogP contribution in [0.2, 0.25) is 5.02 Å². The largest absolute Gasteiger partial charge is 0.506 e. The number of rotatable bonds is 1. The molecule has 0 bridgehead atoms. The highest BCUT2D eigenvalue weighted by Gasteiger charge is 2.22. The van der Waals surface area contributed by atoms with Gasteiger partial charge in [-0.3, -0.25) is 0 Å². The van der Waals surface area contributed by atoms with Gasteiger partial charge in [0, 0.05) is 16.8 Å². The summed E-state index contributed by atoms with van der Waals surface area (Å²) in [6, 6.07) is 11.5. The first-order valence-electron chi connectivity index (χ1n) is 6.97. The second-order valence-electron chi connectivity index (χ2n) is 6.07. The third kappa shape index (κ3) is 2.52.